The van der Waals surface area contributed by atoms with E-state index in [1.807, 2.05) is 18.2 Å². The highest BCUT2D eigenvalue weighted by Gasteiger charge is 2.18. The molecule has 4 rings (SSSR count). The second kappa shape index (κ2) is 6.52. The first-order valence-corrected chi connectivity index (χ1v) is 8.74. The molecule has 4 heterocycles. The van der Waals surface area contributed by atoms with Crippen LogP contribution in [-0.4, -0.2) is 26.0 Å². The number of hydrogen-bond acceptors (Lipinski definition) is 5. The van der Waals surface area contributed by atoms with Gasteiger partial charge in [-0.2, -0.15) is 11.3 Å². The lowest BCUT2D eigenvalue weighted by molar-refractivity contribution is 0.209. The van der Waals surface area contributed by atoms with Crippen LogP contribution in [0.5, 0.6) is 0 Å². The van der Waals surface area contributed by atoms with Gasteiger partial charge < -0.3 is 9.88 Å². The molecule has 3 aromatic rings. The summed E-state index contributed by atoms with van der Waals surface area (Å²) in [7, 11) is 0. The van der Waals surface area contributed by atoms with Crippen molar-refractivity contribution in [3.63, 3.8) is 0 Å². The first kappa shape index (κ1) is 14.4. The third-order valence-corrected chi connectivity index (χ3v) is 4.77. The molecular formula is C17H19N5S. The maximum atomic E-state index is 4.78. The van der Waals surface area contributed by atoms with Gasteiger partial charge in [0.1, 0.15) is 11.6 Å². The van der Waals surface area contributed by atoms with E-state index in [-0.39, 0.29) is 0 Å². The fourth-order valence-corrected chi connectivity index (χ4v) is 3.53. The van der Waals surface area contributed by atoms with Crippen LogP contribution in [0, 0.1) is 0 Å². The first-order valence-electron chi connectivity index (χ1n) is 7.80. The SMILES string of the molecule is c1ccc(NCc2cn3c(n2)CN(Cc2ccsc2)CC3)nc1. The van der Waals surface area contributed by atoms with Gasteiger partial charge in [0, 0.05) is 32.0 Å². The maximum Gasteiger partial charge on any atom is 0.126 e. The number of aromatic nitrogens is 3. The zero-order chi connectivity index (χ0) is 15.5. The van der Waals surface area contributed by atoms with E-state index in [4.69, 9.17) is 4.98 Å². The predicted octanol–water partition coefficient (Wildman–Crippen LogP) is 2.97. The molecule has 1 aliphatic heterocycles. The maximum absolute atomic E-state index is 4.78. The average molecular weight is 325 g/mol. The number of imidazole rings is 1. The second-order valence-electron chi connectivity index (χ2n) is 5.75. The highest BCUT2D eigenvalue weighted by atomic mass is 32.1. The Morgan fingerprint density at radius 1 is 1.22 bits per heavy atom. The zero-order valence-electron chi connectivity index (χ0n) is 12.9. The Morgan fingerprint density at radius 3 is 3.04 bits per heavy atom. The number of thiophene rings is 1. The van der Waals surface area contributed by atoms with Crippen molar-refractivity contribution < 1.29 is 0 Å². The van der Waals surface area contributed by atoms with Crippen molar-refractivity contribution in [2.24, 2.45) is 0 Å². The molecule has 0 radical (unpaired) electrons. The fourth-order valence-electron chi connectivity index (χ4n) is 2.87. The summed E-state index contributed by atoms with van der Waals surface area (Å²) in [4.78, 5) is 11.5. The number of pyridine rings is 1. The summed E-state index contributed by atoms with van der Waals surface area (Å²) in [5.74, 6) is 2.04. The minimum absolute atomic E-state index is 0.710. The molecule has 5 nitrogen and oxygen atoms in total. The third-order valence-electron chi connectivity index (χ3n) is 4.03. The van der Waals surface area contributed by atoms with Gasteiger partial charge in [0.2, 0.25) is 0 Å². The number of rotatable bonds is 5. The molecule has 0 unspecified atom stereocenters. The number of fused-ring (bicyclic) bond motifs is 1. The number of anilines is 1. The van der Waals surface area contributed by atoms with E-state index >= 15 is 0 Å². The van der Waals surface area contributed by atoms with Gasteiger partial charge in [0.05, 0.1) is 18.8 Å². The van der Waals surface area contributed by atoms with Crippen molar-refractivity contribution in [3.8, 4) is 0 Å². The minimum Gasteiger partial charge on any atom is -0.364 e. The monoisotopic (exact) mass is 325 g/mol. The van der Waals surface area contributed by atoms with Gasteiger partial charge >= 0.3 is 0 Å². The average Bonchev–Trinajstić information content (AvgIpc) is 3.23. The van der Waals surface area contributed by atoms with Crippen molar-refractivity contribution in [3.05, 3.63) is 64.5 Å². The summed E-state index contributed by atoms with van der Waals surface area (Å²) in [6.45, 7) is 4.72. The zero-order valence-corrected chi connectivity index (χ0v) is 13.7. The number of hydrogen-bond donors (Lipinski definition) is 1. The van der Waals surface area contributed by atoms with Crippen molar-refractivity contribution in [2.75, 3.05) is 11.9 Å². The summed E-state index contributed by atoms with van der Waals surface area (Å²) < 4.78 is 2.28. The lowest BCUT2D eigenvalue weighted by Crippen LogP contribution is -2.33. The molecule has 0 amide bonds. The van der Waals surface area contributed by atoms with E-state index in [2.05, 4.69) is 42.8 Å². The first-order chi connectivity index (χ1) is 11.4. The van der Waals surface area contributed by atoms with E-state index in [0.717, 1.165) is 43.5 Å². The van der Waals surface area contributed by atoms with Crippen LogP contribution in [0.2, 0.25) is 0 Å². The molecule has 0 spiro atoms. The van der Waals surface area contributed by atoms with Gasteiger partial charge in [-0.1, -0.05) is 6.07 Å². The Bertz CT molecular complexity index is 751. The Morgan fingerprint density at radius 2 is 2.22 bits per heavy atom. The lowest BCUT2D eigenvalue weighted by Gasteiger charge is -2.27. The molecule has 0 atom stereocenters. The Labute approximate surface area is 139 Å². The molecule has 6 heteroatoms. The normalized spacial score (nSPS) is 14.6. The fraction of sp³-hybridized carbons (Fsp3) is 0.294. The van der Waals surface area contributed by atoms with Gasteiger partial charge in [-0.15, -0.1) is 0 Å². The minimum atomic E-state index is 0.710. The second-order valence-corrected chi connectivity index (χ2v) is 6.53. The number of nitrogens with one attached hydrogen (secondary N) is 1. The van der Waals surface area contributed by atoms with Gasteiger partial charge in [0.15, 0.2) is 0 Å². The van der Waals surface area contributed by atoms with E-state index < -0.39 is 0 Å². The molecule has 0 bridgehead atoms. The van der Waals surface area contributed by atoms with Crippen molar-refractivity contribution in [1.82, 2.24) is 19.4 Å². The number of nitrogens with zero attached hydrogens (tertiary/aromatic N) is 4. The van der Waals surface area contributed by atoms with E-state index in [0.29, 0.717) is 6.54 Å². The topological polar surface area (TPSA) is 46.0 Å². The van der Waals surface area contributed by atoms with Crippen LogP contribution in [0.4, 0.5) is 5.82 Å². The molecule has 0 fully saturated rings. The summed E-state index contributed by atoms with van der Waals surface area (Å²) in [6.07, 6.45) is 3.95. The molecule has 23 heavy (non-hydrogen) atoms. The molecule has 1 N–H and O–H groups in total. The molecule has 3 aromatic heterocycles. The van der Waals surface area contributed by atoms with E-state index in [9.17, 15) is 0 Å². The van der Waals surface area contributed by atoms with Crippen LogP contribution < -0.4 is 5.32 Å². The van der Waals surface area contributed by atoms with Gasteiger partial charge in [-0.3, -0.25) is 4.90 Å². The van der Waals surface area contributed by atoms with E-state index in [1.165, 1.54) is 5.56 Å². The summed E-state index contributed by atoms with van der Waals surface area (Å²) in [5.41, 5.74) is 2.47. The summed E-state index contributed by atoms with van der Waals surface area (Å²) in [5, 5.41) is 7.68. The van der Waals surface area contributed by atoms with Crippen molar-refractivity contribution >= 4 is 17.2 Å². The standard InChI is InChI=1S/C17H19N5S/c1-2-5-18-16(3-1)19-9-15-11-22-7-6-21(12-17(22)20-15)10-14-4-8-23-13-14/h1-5,8,11,13H,6-7,9-10,12H2,(H,18,19). The third kappa shape index (κ3) is 3.43. The van der Waals surface area contributed by atoms with Crippen LogP contribution in [0.15, 0.2) is 47.4 Å². The van der Waals surface area contributed by atoms with Crippen LogP contribution in [0.25, 0.3) is 0 Å². The molecule has 0 saturated heterocycles. The van der Waals surface area contributed by atoms with Crippen LogP contribution >= 0.6 is 11.3 Å². The van der Waals surface area contributed by atoms with Gasteiger partial charge in [0.25, 0.3) is 0 Å². The van der Waals surface area contributed by atoms with Gasteiger partial charge in [-0.05, 0) is 34.5 Å². The summed E-state index contributed by atoms with van der Waals surface area (Å²) >= 11 is 1.76. The molecule has 1 aliphatic rings. The molecule has 0 aromatic carbocycles. The molecule has 0 aliphatic carbocycles. The largest absolute Gasteiger partial charge is 0.364 e. The summed E-state index contributed by atoms with van der Waals surface area (Å²) in [6, 6.07) is 8.07. The Kier molecular flexibility index (Phi) is 4.08. The Hall–Kier alpha value is -2.18. The van der Waals surface area contributed by atoms with Crippen LogP contribution in [-0.2, 0) is 26.2 Å². The quantitative estimate of drug-likeness (QED) is 0.783. The van der Waals surface area contributed by atoms with Crippen LogP contribution in [0.1, 0.15) is 17.1 Å². The Balaban J connectivity index is 1.39. The lowest BCUT2D eigenvalue weighted by atomic mass is 10.3. The highest BCUT2D eigenvalue weighted by molar-refractivity contribution is 7.07. The van der Waals surface area contributed by atoms with Crippen molar-refractivity contribution in [2.45, 2.75) is 26.2 Å². The van der Waals surface area contributed by atoms with Crippen molar-refractivity contribution in [1.29, 1.82) is 0 Å². The van der Waals surface area contributed by atoms with Crippen LogP contribution in [0.3, 0.4) is 0 Å². The molecular weight excluding hydrogens is 306 g/mol. The highest BCUT2D eigenvalue weighted by Crippen LogP contribution is 2.17. The smallest absolute Gasteiger partial charge is 0.126 e. The molecule has 0 saturated carbocycles. The van der Waals surface area contributed by atoms with Gasteiger partial charge in [-0.25, -0.2) is 9.97 Å². The molecule has 118 valence electrons. The predicted molar refractivity (Wildman–Crippen MR) is 92.2 cm³/mol. The van der Waals surface area contributed by atoms with E-state index in [1.54, 1.807) is 17.5 Å².